The standard InChI is InChI=1S/C23H23N3O/c1-16-9-10-17(2)20(14-16)25-23(27)19-11-12-22(24-15-19)26-13-5-7-18-6-3-4-8-21(18)26/h3-4,6,8-12,14-15H,5,7,13H2,1-2H3,(H,25,27). The van der Waals surface area contributed by atoms with Crippen LogP contribution in [0.2, 0.25) is 0 Å². The zero-order valence-corrected chi connectivity index (χ0v) is 15.7. The first kappa shape index (κ1) is 17.3. The fourth-order valence-corrected chi connectivity index (χ4v) is 3.52. The quantitative estimate of drug-likeness (QED) is 0.715. The highest BCUT2D eigenvalue weighted by molar-refractivity contribution is 6.04. The highest BCUT2D eigenvalue weighted by Crippen LogP contribution is 2.32. The SMILES string of the molecule is Cc1ccc(C)c(NC(=O)c2ccc(N3CCCc4ccccc43)nc2)c1. The van der Waals surface area contributed by atoms with Crippen LogP contribution >= 0.6 is 0 Å². The third-order valence-corrected chi connectivity index (χ3v) is 5.04. The lowest BCUT2D eigenvalue weighted by Gasteiger charge is -2.30. The number of hydrogen-bond acceptors (Lipinski definition) is 3. The summed E-state index contributed by atoms with van der Waals surface area (Å²) in [4.78, 5) is 19.4. The Hall–Kier alpha value is -3.14. The van der Waals surface area contributed by atoms with Crippen LogP contribution in [0.5, 0.6) is 0 Å². The van der Waals surface area contributed by atoms with Crippen LogP contribution in [0.4, 0.5) is 17.2 Å². The summed E-state index contributed by atoms with van der Waals surface area (Å²) < 4.78 is 0. The first-order valence-corrected chi connectivity index (χ1v) is 9.32. The van der Waals surface area contributed by atoms with Crippen LogP contribution < -0.4 is 10.2 Å². The smallest absolute Gasteiger partial charge is 0.257 e. The molecular formula is C23H23N3O. The third-order valence-electron chi connectivity index (χ3n) is 5.04. The van der Waals surface area contributed by atoms with E-state index in [4.69, 9.17) is 0 Å². The van der Waals surface area contributed by atoms with Gasteiger partial charge in [0.2, 0.25) is 0 Å². The van der Waals surface area contributed by atoms with Crippen molar-refractivity contribution >= 4 is 23.1 Å². The predicted octanol–water partition coefficient (Wildman–Crippen LogP) is 5.04. The van der Waals surface area contributed by atoms with Gasteiger partial charge in [0.15, 0.2) is 0 Å². The number of aryl methyl sites for hydroxylation is 3. The van der Waals surface area contributed by atoms with Gasteiger partial charge in [0.1, 0.15) is 5.82 Å². The Morgan fingerprint density at radius 1 is 1.07 bits per heavy atom. The molecule has 1 N–H and O–H groups in total. The first-order chi connectivity index (χ1) is 13.1. The van der Waals surface area contributed by atoms with Gasteiger partial charge in [-0.15, -0.1) is 0 Å². The third kappa shape index (κ3) is 3.56. The summed E-state index contributed by atoms with van der Waals surface area (Å²) in [5, 5.41) is 2.99. The molecule has 27 heavy (non-hydrogen) atoms. The lowest BCUT2D eigenvalue weighted by molar-refractivity contribution is 0.102. The normalized spacial score (nSPS) is 13.2. The Morgan fingerprint density at radius 3 is 2.74 bits per heavy atom. The molecule has 0 saturated carbocycles. The van der Waals surface area contributed by atoms with E-state index < -0.39 is 0 Å². The van der Waals surface area contributed by atoms with Crippen molar-refractivity contribution in [2.75, 3.05) is 16.8 Å². The summed E-state index contributed by atoms with van der Waals surface area (Å²) in [6, 6.07) is 18.3. The lowest BCUT2D eigenvalue weighted by Crippen LogP contribution is -2.25. The number of fused-ring (bicyclic) bond motifs is 1. The van der Waals surface area contributed by atoms with Crippen molar-refractivity contribution in [3.63, 3.8) is 0 Å². The molecule has 3 aromatic rings. The minimum atomic E-state index is -0.137. The zero-order valence-electron chi connectivity index (χ0n) is 15.7. The Labute approximate surface area is 159 Å². The second-order valence-corrected chi connectivity index (χ2v) is 7.06. The van der Waals surface area contributed by atoms with Crippen LogP contribution in [0.25, 0.3) is 0 Å². The van der Waals surface area contributed by atoms with Crippen LogP contribution in [-0.2, 0) is 6.42 Å². The molecule has 2 heterocycles. The molecule has 0 unspecified atom stereocenters. The largest absolute Gasteiger partial charge is 0.326 e. The number of hydrogen-bond donors (Lipinski definition) is 1. The van der Waals surface area contributed by atoms with E-state index in [0.29, 0.717) is 5.56 Å². The molecule has 0 fully saturated rings. The number of nitrogens with zero attached hydrogens (tertiary/aromatic N) is 2. The second-order valence-electron chi connectivity index (χ2n) is 7.06. The molecule has 0 aliphatic carbocycles. The van der Waals surface area contributed by atoms with Gasteiger partial charge in [0, 0.05) is 24.1 Å². The number of nitrogens with one attached hydrogen (secondary N) is 1. The van der Waals surface area contributed by atoms with E-state index in [1.165, 1.54) is 11.3 Å². The van der Waals surface area contributed by atoms with E-state index in [-0.39, 0.29) is 5.91 Å². The average Bonchev–Trinajstić information content (AvgIpc) is 2.70. The molecule has 136 valence electrons. The van der Waals surface area contributed by atoms with Gasteiger partial charge >= 0.3 is 0 Å². The van der Waals surface area contributed by atoms with Crippen LogP contribution in [0.15, 0.2) is 60.8 Å². The monoisotopic (exact) mass is 357 g/mol. The van der Waals surface area contributed by atoms with Crippen molar-refractivity contribution < 1.29 is 4.79 Å². The summed E-state index contributed by atoms with van der Waals surface area (Å²) in [6.45, 7) is 4.95. The number of benzene rings is 2. The van der Waals surface area contributed by atoms with Gasteiger partial charge in [-0.25, -0.2) is 4.98 Å². The van der Waals surface area contributed by atoms with Crippen molar-refractivity contribution in [1.29, 1.82) is 0 Å². The van der Waals surface area contributed by atoms with Gasteiger partial charge in [0.25, 0.3) is 5.91 Å². The number of para-hydroxylation sites is 1. The molecule has 0 bridgehead atoms. The molecule has 0 spiro atoms. The first-order valence-electron chi connectivity index (χ1n) is 9.32. The van der Waals surface area contributed by atoms with Gasteiger partial charge in [-0.3, -0.25) is 4.79 Å². The van der Waals surface area contributed by atoms with Gasteiger partial charge in [-0.05, 0) is 67.6 Å². The molecular weight excluding hydrogens is 334 g/mol. The molecule has 1 aliphatic heterocycles. The maximum atomic E-state index is 12.6. The van der Waals surface area contributed by atoms with Crippen molar-refractivity contribution in [2.45, 2.75) is 26.7 Å². The highest BCUT2D eigenvalue weighted by Gasteiger charge is 2.19. The van der Waals surface area contributed by atoms with Crippen molar-refractivity contribution in [3.8, 4) is 0 Å². The van der Waals surface area contributed by atoms with E-state index in [0.717, 1.165) is 42.0 Å². The maximum absolute atomic E-state index is 12.6. The van der Waals surface area contributed by atoms with Crippen LogP contribution in [-0.4, -0.2) is 17.4 Å². The molecule has 4 heteroatoms. The van der Waals surface area contributed by atoms with E-state index >= 15 is 0 Å². The van der Waals surface area contributed by atoms with E-state index in [9.17, 15) is 4.79 Å². The summed E-state index contributed by atoms with van der Waals surface area (Å²) in [7, 11) is 0. The minimum Gasteiger partial charge on any atom is -0.326 e. The highest BCUT2D eigenvalue weighted by atomic mass is 16.1. The van der Waals surface area contributed by atoms with E-state index in [1.807, 2.05) is 44.2 Å². The number of carbonyl (C=O) groups is 1. The topological polar surface area (TPSA) is 45.2 Å². The summed E-state index contributed by atoms with van der Waals surface area (Å²) in [5.41, 5.74) is 6.13. The van der Waals surface area contributed by atoms with Gasteiger partial charge in [-0.1, -0.05) is 30.3 Å². The van der Waals surface area contributed by atoms with Gasteiger partial charge < -0.3 is 10.2 Å². The van der Waals surface area contributed by atoms with E-state index in [2.05, 4.69) is 39.5 Å². The van der Waals surface area contributed by atoms with Crippen LogP contribution in [0.3, 0.4) is 0 Å². The number of rotatable bonds is 3. The molecule has 4 nitrogen and oxygen atoms in total. The molecule has 1 aromatic heterocycles. The molecule has 0 radical (unpaired) electrons. The average molecular weight is 357 g/mol. The van der Waals surface area contributed by atoms with Crippen molar-refractivity contribution in [2.24, 2.45) is 0 Å². The minimum absolute atomic E-state index is 0.137. The fraction of sp³-hybridized carbons (Fsp3) is 0.217. The summed E-state index contributed by atoms with van der Waals surface area (Å²) in [5.74, 6) is 0.743. The Kier molecular flexibility index (Phi) is 4.63. The number of anilines is 3. The zero-order chi connectivity index (χ0) is 18.8. The van der Waals surface area contributed by atoms with Crippen LogP contribution in [0.1, 0.15) is 33.5 Å². The van der Waals surface area contributed by atoms with Crippen molar-refractivity contribution in [3.05, 3.63) is 83.0 Å². The van der Waals surface area contributed by atoms with Crippen molar-refractivity contribution in [1.82, 2.24) is 4.98 Å². The van der Waals surface area contributed by atoms with Crippen LogP contribution in [0, 0.1) is 13.8 Å². The number of carbonyl (C=O) groups excluding carboxylic acids is 1. The molecule has 4 rings (SSSR count). The molecule has 0 saturated heterocycles. The second kappa shape index (κ2) is 7.23. The number of amides is 1. The van der Waals surface area contributed by atoms with Gasteiger partial charge in [-0.2, -0.15) is 0 Å². The lowest BCUT2D eigenvalue weighted by atomic mass is 10.0. The number of aromatic nitrogens is 1. The predicted molar refractivity (Wildman–Crippen MR) is 110 cm³/mol. The van der Waals surface area contributed by atoms with E-state index in [1.54, 1.807) is 6.20 Å². The van der Waals surface area contributed by atoms with Gasteiger partial charge in [0.05, 0.1) is 5.56 Å². The molecule has 1 amide bonds. The Morgan fingerprint density at radius 2 is 1.93 bits per heavy atom. The Bertz CT molecular complexity index is 979. The maximum Gasteiger partial charge on any atom is 0.257 e. The molecule has 1 aliphatic rings. The summed E-state index contributed by atoms with van der Waals surface area (Å²) in [6.07, 6.45) is 3.86. The molecule has 2 aromatic carbocycles. The Balaban J connectivity index is 1.54. The number of pyridine rings is 1. The summed E-state index contributed by atoms with van der Waals surface area (Å²) >= 11 is 0. The fourth-order valence-electron chi connectivity index (χ4n) is 3.52. The molecule has 0 atom stereocenters.